The summed E-state index contributed by atoms with van der Waals surface area (Å²) in [5, 5.41) is 9.46. The topological polar surface area (TPSA) is 23.5 Å². The Hall–Kier alpha value is 0.270. The molecule has 1 heterocycles. The fourth-order valence-corrected chi connectivity index (χ4v) is 1.82. The van der Waals surface area contributed by atoms with Crippen molar-refractivity contribution in [2.24, 2.45) is 0 Å². The van der Waals surface area contributed by atoms with E-state index >= 15 is 0 Å². The summed E-state index contributed by atoms with van der Waals surface area (Å²) >= 11 is 1.90. The van der Waals surface area contributed by atoms with E-state index in [0.717, 1.165) is 18.3 Å². The van der Waals surface area contributed by atoms with E-state index < -0.39 is 0 Å². The molecule has 0 aromatic carbocycles. The van der Waals surface area contributed by atoms with Crippen LogP contribution in [0.2, 0.25) is 0 Å². The van der Waals surface area contributed by atoms with Crippen LogP contribution in [0.1, 0.15) is 6.42 Å². The first-order valence-corrected chi connectivity index (χ1v) is 4.51. The molecule has 1 aliphatic rings. The fraction of sp³-hybridized carbons (Fsp3) is 1.00. The molecule has 9 heavy (non-hydrogen) atoms. The Kier molecular flexibility index (Phi) is 2.82. The summed E-state index contributed by atoms with van der Waals surface area (Å²) in [7, 11) is 0. The summed E-state index contributed by atoms with van der Waals surface area (Å²) in [6.45, 7) is 2.37. The molecule has 54 valence electrons. The van der Waals surface area contributed by atoms with Gasteiger partial charge in [0.25, 0.3) is 0 Å². The van der Waals surface area contributed by atoms with E-state index in [-0.39, 0.29) is 6.73 Å². The number of hydrogen-bond donors (Lipinski definition) is 1. The highest BCUT2D eigenvalue weighted by Crippen LogP contribution is 2.18. The van der Waals surface area contributed by atoms with E-state index in [2.05, 4.69) is 11.2 Å². The molecular formula is C6H13NOS. The average Bonchev–Trinajstić information content (AvgIpc) is 2.34. The highest BCUT2D eigenvalue weighted by atomic mass is 32.2. The second-order valence-electron chi connectivity index (χ2n) is 2.36. The van der Waals surface area contributed by atoms with Crippen LogP contribution < -0.4 is 0 Å². The van der Waals surface area contributed by atoms with Crippen molar-refractivity contribution >= 4 is 11.8 Å². The number of aliphatic hydroxyl groups excluding tert-OH is 1. The zero-order valence-corrected chi connectivity index (χ0v) is 6.52. The Bertz CT molecular complexity index is 79.1. The van der Waals surface area contributed by atoms with Gasteiger partial charge in [0, 0.05) is 18.3 Å². The first kappa shape index (κ1) is 7.38. The molecule has 3 heteroatoms. The summed E-state index contributed by atoms with van der Waals surface area (Å²) in [6.07, 6.45) is 3.37. The Morgan fingerprint density at radius 2 is 2.56 bits per heavy atom. The zero-order valence-electron chi connectivity index (χ0n) is 5.71. The molecule has 1 atom stereocenters. The fourth-order valence-electron chi connectivity index (χ4n) is 1.12. The quantitative estimate of drug-likeness (QED) is 0.610. The van der Waals surface area contributed by atoms with Gasteiger partial charge in [-0.25, -0.2) is 0 Å². The lowest BCUT2D eigenvalue weighted by Gasteiger charge is -2.09. The summed E-state index contributed by atoms with van der Waals surface area (Å²) in [5.74, 6) is 0. The molecule has 1 fully saturated rings. The van der Waals surface area contributed by atoms with Gasteiger partial charge in [0.05, 0.1) is 6.73 Å². The molecule has 1 aliphatic heterocycles. The molecule has 1 rings (SSSR count). The third-order valence-corrected chi connectivity index (χ3v) is 2.81. The first-order chi connectivity index (χ1) is 4.36. The lowest BCUT2D eigenvalue weighted by molar-refractivity contribution is 0.132. The van der Waals surface area contributed by atoms with Crippen molar-refractivity contribution in [3.63, 3.8) is 0 Å². The van der Waals surface area contributed by atoms with Crippen LogP contribution in [0.25, 0.3) is 0 Å². The minimum Gasteiger partial charge on any atom is -0.381 e. The lowest BCUT2D eigenvalue weighted by atomic mass is 10.4. The van der Waals surface area contributed by atoms with Crippen molar-refractivity contribution in [3.05, 3.63) is 0 Å². The molecule has 0 saturated carbocycles. The normalized spacial score (nSPS) is 29.3. The van der Waals surface area contributed by atoms with Crippen molar-refractivity contribution in [1.82, 2.24) is 4.90 Å². The lowest BCUT2D eigenvalue weighted by Crippen LogP contribution is -2.21. The molecule has 1 saturated heterocycles. The SMILES string of the molecule is CSC1CCN(CO)C1. The van der Waals surface area contributed by atoms with E-state index in [0.29, 0.717) is 0 Å². The zero-order chi connectivity index (χ0) is 6.69. The first-order valence-electron chi connectivity index (χ1n) is 3.23. The van der Waals surface area contributed by atoms with Crippen molar-refractivity contribution in [3.8, 4) is 0 Å². The number of thioether (sulfide) groups is 1. The average molecular weight is 147 g/mol. The summed E-state index contributed by atoms with van der Waals surface area (Å²) in [5.41, 5.74) is 0. The van der Waals surface area contributed by atoms with Gasteiger partial charge in [0.15, 0.2) is 0 Å². The number of aliphatic hydroxyl groups is 1. The van der Waals surface area contributed by atoms with Crippen molar-refractivity contribution < 1.29 is 5.11 Å². The Balaban J connectivity index is 2.20. The van der Waals surface area contributed by atoms with Crippen LogP contribution in [0, 0.1) is 0 Å². The highest BCUT2D eigenvalue weighted by Gasteiger charge is 2.19. The monoisotopic (exact) mass is 147 g/mol. The van der Waals surface area contributed by atoms with Crippen LogP contribution in [0.5, 0.6) is 0 Å². The molecule has 0 aromatic heterocycles. The van der Waals surface area contributed by atoms with Crippen LogP contribution >= 0.6 is 11.8 Å². The highest BCUT2D eigenvalue weighted by molar-refractivity contribution is 7.99. The van der Waals surface area contributed by atoms with Gasteiger partial charge in [-0.1, -0.05) is 0 Å². The Labute approximate surface area is 60.2 Å². The van der Waals surface area contributed by atoms with Gasteiger partial charge < -0.3 is 5.11 Å². The maximum Gasteiger partial charge on any atom is 0.0956 e. The Morgan fingerprint density at radius 1 is 1.78 bits per heavy atom. The summed E-state index contributed by atoms with van der Waals surface area (Å²) in [6, 6.07) is 0. The van der Waals surface area contributed by atoms with Gasteiger partial charge in [-0.2, -0.15) is 11.8 Å². The predicted molar refractivity (Wildman–Crippen MR) is 40.6 cm³/mol. The summed E-state index contributed by atoms with van der Waals surface area (Å²) < 4.78 is 0. The molecule has 2 nitrogen and oxygen atoms in total. The maximum atomic E-state index is 8.70. The molecule has 0 spiro atoms. The van der Waals surface area contributed by atoms with E-state index in [9.17, 15) is 0 Å². The van der Waals surface area contributed by atoms with Gasteiger partial charge in [0.2, 0.25) is 0 Å². The smallest absolute Gasteiger partial charge is 0.0956 e. The van der Waals surface area contributed by atoms with Gasteiger partial charge >= 0.3 is 0 Å². The second-order valence-corrected chi connectivity index (χ2v) is 3.50. The van der Waals surface area contributed by atoms with Crippen LogP contribution in [0.3, 0.4) is 0 Å². The minimum atomic E-state index is 0.233. The summed E-state index contributed by atoms with van der Waals surface area (Å²) in [4.78, 5) is 2.07. The molecule has 0 radical (unpaired) electrons. The van der Waals surface area contributed by atoms with E-state index in [1.54, 1.807) is 0 Å². The van der Waals surface area contributed by atoms with Crippen LogP contribution in [0.4, 0.5) is 0 Å². The number of nitrogens with zero attached hydrogens (tertiary/aromatic N) is 1. The van der Waals surface area contributed by atoms with Crippen LogP contribution in [0.15, 0.2) is 0 Å². The second kappa shape index (κ2) is 3.44. The molecule has 0 aromatic rings. The molecule has 0 bridgehead atoms. The minimum absolute atomic E-state index is 0.233. The van der Waals surface area contributed by atoms with E-state index in [1.165, 1.54) is 6.42 Å². The predicted octanol–water partition coefficient (Wildman–Crippen LogP) is 0.373. The van der Waals surface area contributed by atoms with Crippen molar-refractivity contribution in [2.45, 2.75) is 11.7 Å². The number of likely N-dealkylation sites (tertiary alicyclic amines) is 1. The van der Waals surface area contributed by atoms with Gasteiger partial charge in [-0.05, 0) is 12.7 Å². The van der Waals surface area contributed by atoms with Crippen LogP contribution in [-0.2, 0) is 0 Å². The van der Waals surface area contributed by atoms with Gasteiger partial charge in [0.1, 0.15) is 0 Å². The van der Waals surface area contributed by atoms with Crippen molar-refractivity contribution in [1.29, 1.82) is 0 Å². The molecule has 0 aliphatic carbocycles. The number of rotatable bonds is 2. The Morgan fingerprint density at radius 3 is 2.89 bits per heavy atom. The standard InChI is InChI=1S/C6H13NOS/c1-9-6-2-3-7(4-6)5-8/h6,8H,2-5H2,1H3. The van der Waals surface area contributed by atoms with E-state index in [1.807, 2.05) is 11.8 Å². The number of hydrogen-bond acceptors (Lipinski definition) is 3. The van der Waals surface area contributed by atoms with Crippen LogP contribution in [-0.4, -0.2) is 41.3 Å². The van der Waals surface area contributed by atoms with Gasteiger partial charge in [-0.3, -0.25) is 4.90 Å². The largest absolute Gasteiger partial charge is 0.381 e. The molecule has 1 unspecified atom stereocenters. The third-order valence-electron chi connectivity index (χ3n) is 1.76. The molecular weight excluding hydrogens is 134 g/mol. The van der Waals surface area contributed by atoms with Crippen molar-refractivity contribution in [2.75, 3.05) is 26.1 Å². The third kappa shape index (κ3) is 1.85. The van der Waals surface area contributed by atoms with Gasteiger partial charge in [-0.15, -0.1) is 0 Å². The maximum absolute atomic E-state index is 8.70. The molecule has 0 amide bonds. The van der Waals surface area contributed by atoms with E-state index in [4.69, 9.17) is 5.11 Å². The molecule has 1 N–H and O–H groups in total.